The molecule has 0 saturated carbocycles. The molecule has 2 aromatic rings. The average molecular weight is 356 g/mol. The Morgan fingerprint density at radius 2 is 1.62 bits per heavy atom. The highest BCUT2D eigenvalue weighted by Crippen LogP contribution is 2.17. The van der Waals surface area contributed by atoms with E-state index in [0.717, 1.165) is 30.2 Å². The van der Waals surface area contributed by atoms with Gasteiger partial charge in [-0.1, -0.05) is 12.1 Å². The van der Waals surface area contributed by atoms with E-state index in [9.17, 15) is 4.79 Å². The Balaban J connectivity index is 1.62. The van der Waals surface area contributed by atoms with Gasteiger partial charge in [-0.15, -0.1) is 0 Å². The van der Waals surface area contributed by atoms with Gasteiger partial charge >= 0.3 is 0 Å². The van der Waals surface area contributed by atoms with E-state index in [1.807, 2.05) is 50.2 Å². The van der Waals surface area contributed by atoms with Crippen molar-refractivity contribution in [3.05, 3.63) is 54.1 Å². The van der Waals surface area contributed by atoms with E-state index in [4.69, 9.17) is 9.47 Å². The number of anilines is 1. The lowest BCUT2D eigenvalue weighted by Gasteiger charge is -2.11. The Kier molecular flexibility index (Phi) is 7.96. The summed E-state index contributed by atoms with van der Waals surface area (Å²) < 4.78 is 10.7. The number of ether oxygens (including phenoxy) is 2. The molecule has 5 heteroatoms. The van der Waals surface area contributed by atoms with Gasteiger partial charge in [0.05, 0.1) is 13.2 Å². The first-order valence-corrected chi connectivity index (χ1v) is 8.97. The zero-order chi connectivity index (χ0) is 18.8. The number of amides is 1. The van der Waals surface area contributed by atoms with Crippen LogP contribution in [-0.2, 0) is 11.2 Å². The zero-order valence-corrected chi connectivity index (χ0v) is 15.7. The van der Waals surface area contributed by atoms with Crippen LogP contribution in [0.4, 0.5) is 5.69 Å². The largest absolute Gasteiger partial charge is 0.497 e. The van der Waals surface area contributed by atoms with Crippen LogP contribution in [-0.4, -0.2) is 32.2 Å². The Morgan fingerprint density at radius 1 is 0.962 bits per heavy atom. The number of methoxy groups -OCH3 is 1. The second-order valence-corrected chi connectivity index (χ2v) is 6.34. The summed E-state index contributed by atoms with van der Waals surface area (Å²) in [5, 5.41) is 6.19. The van der Waals surface area contributed by atoms with Crippen molar-refractivity contribution >= 4 is 11.6 Å². The third-order valence-electron chi connectivity index (χ3n) is 3.79. The SMILES string of the molecule is COc1ccc(CCNCCC(=O)Nc2ccc(OC(C)C)cc2)cc1. The lowest BCUT2D eigenvalue weighted by atomic mass is 10.1. The lowest BCUT2D eigenvalue weighted by Crippen LogP contribution is -2.23. The van der Waals surface area contributed by atoms with Crippen LogP contribution in [0.1, 0.15) is 25.8 Å². The number of rotatable bonds is 10. The van der Waals surface area contributed by atoms with Crippen LogP contribution in [0.5, 0.6) is 11.5 Å². The van der Waals surface area contributed by atoms with Gasteiger partial charge in [0.15, 0.2) is 0 Å². The predicted octanol–water partition coefficient (Wildman–Crippen LogP) is 3.64. The molecule has 0 spiro atoms. The van der Waals surface area contributed by atoms with Crippen LogP contribution in [0.15, 0.2) is 48.5 Å². The molecule has 26 heavy (non-hydrogen) atoms. The third-order valence-corrected chi connectivity index (χ3v) is 3.79. The molecule has 0 aromatic heterocycles. The molecule has 0 aliphatic carbocycles. The molecule has 140 valence electrons. The molecule has 0 fully saturated rings. The van der Waals surface area contributed by atoms with Crippen molar-refractivity contribution in [3.8, 4) is 11.5 Å². The van der Waals surface area contributed by atoms with Crippen molar-refractivity contribution in [1.29, 1.82) is 0 Å². The molecule has 0 aliphatic heterocycles. The van der Waals surface area contributed by atoms with Crippen LogP contribution >= 0.6 is 0 Å². The van der Waals surface area contributed by atoms with Crippen molar-refractivity contribution in [3.63, 3.8) is 0 Å². The van der Waals surface area contributed by atoms with E-state index < -0.39 is 0 Å². The molecular weight excluding hydrogens is 328 g/mol. The molecule has 0 heterocycles. The molecule has 1 amide bonds. The monoisotopic (exact) mass is 356 g/mol. The molecular formula is C21H28N2O3. The molecule has 0 radical (unpaired) electrons. The van der Waals surface area contributed by atoms with E-state index in [0.29, 0.717) is 13.0 Å². The zero-order valence-electron chi connectivity index (χ0n) is 15.7. The fourth-order valence-corrected chi connectivity index (χ4v) is 2.46. The number of benzene rings is 2. The minimum atomic E-state index is -0.000486. The van der Waals surface area contributed by atoms with Crippen molar-refractivity contribution in [2.45, 2.75) is 32.8 Å². The molecule has 0 unspecified atom stereocenters. The summed E-state index contributed by atoms with van der Waals surface area (Å²) in [5.74, 6) is 1.67. The number of carbonyl (C=O) groups excluding carboxylic acids is 1. The normalized spacial score (nSPS) is 10.6. The Hall–Kier alpha value is -2.53. The lowest BCUT2D eigenvalue weighted by molar-refractivity contribution is -0.116. The first kappa shape index (κ1) is 19.8. The molecule has 0 atom stereocenters. The van der Waals surface area contributed by atoms with Gasteiger partial charge in [0.25, 0.3) is 0 Å². The fourth-order valence-electron chi connectivity index (χ4n) is 2.46. The van der Waals surface area contributed by atoms with Gasteiger partial charge in [0, 0.05) is 18.7 Å². The van der Waals surface area contributed by atoms with Crippen molar-refractivity contribution < 1.29 is 14.3 Å². The first-order valence-electron chi connectivity index (χ1n) is 8.97. The third kappa shape index (κ3) is 7.15. The average Bonchev–Trinajstić information content (AvgIpc) is 2.63. The summed E-state index contributed by atoms with van der Waals surface area (Å²) >= 11 is 0. The maximum Gasteiger partial charge on any atom is 0.225 e. The van der Waals surface area contributed by atoms with Crippen LogP contribution in [0.25, 0.3) is 0 Å². The van der Waals surface area contributed by atoms with Gasteiger partial charge in [-0.25, -0.2) is 0 Å². The number of hydrogen-bond acceptors (Lipinski definition) is 4. The molecule has 2 aromatic carbocycles. The minimum Gasteiger partial charge on any atom is -0.497 e. The van der Waals surface area contributed by atoms with E-state index >= 15 is 0 Å². The number of nitrogens with one attached hydrogen (secondary N) is 2. The molecule has 5 nitrogen and oxygen atoms in total. The van der Waals surface area contributed by atoms with E-state index in [1.54, 1.807) is 7.11 Å². The Morgan fingerprint density at radius 3 is 2.23 bits per heavy atom. The van der Waals surface area contributed by atoms with Crippen molar-refractivity contribution in [2.75, 3.05) is 25.5 Å². The second kappa shape index (κ2) is 10.5. The standard InChI is InChI=1S/C21H28N2O3/c1-16(2)26-20-10-6-18(7-11-20)23-21(24)13-15-22-14-12-17-4-8-19(25-3)9-5-17/h4-11,16,22H,12-15H2,1-3H3,(H,23,24). The summed E-state index contributed by atoms with van der Waals surface area (Å²) in [6.07, 6.45) is 1.50. The highest BCUT2D eigenvalue weighted by atomic mass is 16.5. The van der Waals surface area contributed by atoms with Gasteiger partial charge in [0.2, 0.25) is 5.91 Å². The number of carbonyl (C=O) groups is 1. The van der Waals surface area contributed by atoms with Gasteiger partial charge < -0.3 is 20.1 Å². The second-order valence-electron chi connectivity index (χ2n) is 6.34. The molecule has 0 saturated heterocycles. The first-order chi connectivity index (χ1) is 12.6. The summed E-state index contributed by atoms with van der Waals surface area (Å²) in [5.41, 5.74) is 2.02. The summed E-state index contributed by atoms with van der Waals surface area (Å²) in [7, 11) is 1.66. The van der Waals surface area contributed by atoms with Crippen molar-refractivity contribution in [1.82, 2.24) is 5.32 Å². The van der Waals surface area contributed by atoms with Crippen LogP contribution < -0.4 is 20.1 Å². The topological polar surface area (TPSA) is 59.6 Å². The highest BCUT2D eigenvalue weighted by Gasteiger charge is 2.03. The predicted molar refractivity (Wildman–Crippen MR) is 105 cm³/mol. The smallest absolute Gasteiger partial charge is 0.225 e. The summed E-state index contributed by atoms with van der Waals surface area (Å²) in [6, 6.07) is 15.5. The van der Waals surface area contributed by atoms with Gasteiger partial charge in [0.1, 0.15) is 11.5 Å². The van der Waals surface area contributed by atoms with Gasteiger partial charge in [-0.05, 0) is 68.8 Å². The van der Waals surface area contributed by atoms with Crippen molar-refractivity contribution in [2.24, 2.45) is 0 Å². The molecule has 0 aliphatic rings. The summed E-state index contributed by atoms with van der Waals surface area (Å²) in [4.78, 5) is 12.0. The quantitative estimate of drug-likeness (QED) is 0.638. The Bertz CT molecular complexity index is 667. The van der Waals surface area contributed by atoms with Crippen LogP contribution in [0.3, 0.4) is 0 Å². The van der Waals surface area contributed by atoms with E-state index in [2.05, 4.69) is 22.8 Å². The molecule has 2 N–H and O–H groups in total. The highest BCUT2D eigenvalue weighted by molar-refractivity contribution is 5.90. The number of hydrogen-bond donors (Lipinski definition) is 2. The fraction of sp³-hybridized carbons (Fsp3) is 0.381. The maximum atomic E-state index is 12.0. The molecule has 2 rings (SSSR count). The Labute approximate surface area is 155 Å². The van der Waals surface area contributed by atoms with Crippen LogP contribution in [0.2, 0.25) is 0 Å². The maximum absolute atomic E-state index is 12.0. The molecule has 0 bridgehead atoms. The van der Waals surface area contributed by atoms with E-state index in [1.165, 1.54) is 5.56 Å². The van der Waals surface area contributed by atoms with E-state index in [-0.39, 0.29) is 12.0 Å². The van der Waals surface area contributed by atoms with Gasteiger partial charge in [-0.3, -0.25) is 4.79 Å². The van der Waals surface area contributed by atoms with Gasteiger partial charge in [-0.2, -0.15) is 0 Å². The minimum absolute atomic E-state index is 0.000486. The summed E-state index contributed by atoms with van der Waals surface area (Å²) in [6.45, 7) is 5.45. The van der Waals surface area contributed by atoms with Crippen LogP contribution in [0, 0.1) is 0 Å².